The molecule has 21 heavy (non-hydrogen) atoms. The van der Waals surface area contributed by atoms with Crippen LogP contribution in [-0.2, 0) is 6.54 Å². The van der Waals surface area contributed by atoms with Crippen molar-refractivity contribution in [3.63, 3.8) is 0 Å². The lowest BCUT2D eigenvalue weighted by Gasteiger charge is -2.17. The van der Waals surface area contributed by atoms with Crippen LogP contribution in [0.3, 0.4) is 0 Å². The van der Waals surface area contributed by atoms with Crippen LogP contribution in [0.25, 0.3) is 0 Å². The second-order valence-corrected chi connectivity index (χ2v) is 4.55. The molecule has 4 heteroatoms. The fourth-order valence-electron chi connectivity index (χ4n) is 1.90. The molecule has 2 rings (SSSR count). The molecule has 0 spiro atoms. The lowest BCUT2D eigenvalue weighted by molar-refractivity contribution is 0.0785. The summed E-state index contributed by atoms with van der Waals surface area (Å²) in [6, 6.07) is 11.0. The standard InChI is InChI=1S/C17H16N2O2/c1-19(17(21)16-8-10-18-11-9-16)13-15-6-4-14(5-7-15)3-2-12-20/h4-11,20H,12-13H2,1H3. The Morgan fingerprint density at radius 1 is 1.19 bits per heavy atom. The Morgan fingerprint density at radius 2 is 1.86 bits per heavy atom. The van der Waals surface area contributed by atoms with Crippen LogP contribution >= 0.6 is 0 Å². The first-order chi connectivity index (χ1) is 10.2. The van der Waals surface area contributed by atoms with E-state index < -0.39 is 0 Å². The van der Waals surface area contributed by atoms with Gasteiger partial charge in [-0.1, -0.05) is 24.0 Å². The first-order valence-electron chi connectivity index (χ1n) is 6.55. The van der Waals surface area contributed by atoms with E-state index in [1.54, 1.807) is 36.5 Å². The zero-order valence-electron chi connectivity index (χ0n) is 11.8. The Kier molecular flexibility index (Phi) is 5.08. The SMILES string of the molecule is CN(Cc1ccc(C#CCO)cc1)C(=O)c1ccncc1. The zero-order valence-corrected chi connectivity index (χ0v) is 11.8. The molecule has 106 valence electrons. The van der Waals surface area contributed by atoms with Crippen molar-refractivity contribution in [2.45, 2.75) is 6.54 Å². The molecule has 2 aromatic rings. The van der Waals surface area contributed by atoms with Crippen molar-refractivity contribution < 1.29 is 9.90 Å². The zero-order chi connectivity index (χ0) is 15.1. The third-order valence-electron chi connectivity index (χ3n) is 2.96. The van der Waals surface area contributed by atoms with E-state index >= 15 is 0 Å². The van der Waals surface area contributed by atoms with Crippen LogP contribution in [0.4, 0.5) is 0 Å². The van der Waals surface area contributed by atoms with E-state index in [1.807, 2.05) is 24.3 Å². The van der Waals surface area contributed by atoms with Gasteiger partial charge in [0.25, 0.3) is 5.91 Å². The molecule has 0 aliphatic heterocycles. The van der Waals surface area contributed by atoms with Gasteiger partial charge in [0.1, 0.15) is 6.61 Å². The van der Waals surface area contributed by atoms with Crippen LogP contribution in [0.1, 0.15) is 21.5 Å². The Morgan fingerprint density at radius 3 is 2.48 bits per heavy atom. The molecule has 0 saturated heterocycles. The van der Waals surface area contributed by atoms with Crippen molar-refractivity contribution in [2.75, 3.05) is 13.7 Å². The third-order valence-corrected chi connectivity index (χ3v) is 2.96. The molecule has 0 unspecified atom stereocenters. The largest absolute Gasteiger partial charge is 0.384 e. The minimum atomic E-state index is -0.148. The van der Waals surface area contributed by atoms with Gasteiger partial charge >= 0.3 is 0 Å². The number of hydrogen-bond donors (Lipinski definition) is 1. The van der Waals surface area contributed by atoms with Crippen LogP contribution in [0.2, 0.25) is 0 Å². The lowest BCUT2D eigenvalue weighted by Crippen LogP contribution is -2.26. The van der Waals surface area contributed by atoms with Gasteiger partial charge in [-0.05, 0) is 29.8 Å². The Balaban J connectivity index is 2.02. The highest BCUT2D eigenvalue weighted by Crippen LogP contribution is 2.09. The maximum atomic E-state index is 12.2. The Labute approximate surface area is 124 Å². The summed E-state index contributed by atoms with van der Waals surface area (Å²) in [4.78, 5) is 17.8. The maximum Gasteiger partial charge on any atom is 0.254 e. The monoisotopic (exact) mass is 280 g/mol. The summed E-state index contributed by atoms with van der Waals surface area (Å²) in [7, 11) is 1.77. The van der Waals surface area contributed by atoms with Crippen molar-refractivity contribution in [2.24, 2.45) is 0 Å². The van der Waals surface area contributed by atoms with Gasteiger partial charge < -0.3 is 10.0 Å². The quantitative estimate of drug-likeness (QED) is 0.871. The number of nitrogens with zero attached hydrogens (tertiary/aromatic N) is 2. The highest BCUT2D eigenvalue weighted by Gasteiger charge is 2.11. The van der Waals surface area contributed by atoms with E-state index in [-0.39, 0.29) is 12.5 Å². The predicted molar refractivity (Wildman–Crippen MR) is 80.4 cm³/mol. The van der Waals surface area contributed by atoms with Crippen molar-refractivity contribution >= 4 is 5.91 Å². The number of rotatable bonds is 3. The molecule has 0 atom stereocenters. The molecule has 1 aromatic carbocycles. The molecular weight excluding hydrogens is 264 g/mol. The molecule has 1 heterocycles. The van der Waals surface area contributed by atoms with E-state index in [2.05, 4.69) is 16.8 Å². The van der Waals surface area contributed by atoms with Gasteiger partial charge in [0.15, 0.2) is 0 Å². The summed E-state index contributed by atoms with van der Waals surface area (Å²) in [5, 5.41) is 8.65. The average molecular weight is 280 g/mol. The second-order valence-electron chi connectivity index (χ2n) is 4.55. The smallest absolute Gasteiger partial charge is 0.254 e. The molecular formula is C17H16N2O2. The molecule has 4 nitrogen and oxygen atoms in total. The molecule has 0 bridgehead atoms. The summed E-state index contributed by atoms with van der Waals surface area (Å²) < 4.78 is 0. The van der Waals surface area contributed by atoms with Crippen LogP contribution in [-0.4, -0.2) is 34.6 Å². The second kappa shape index (κ2) is 7.22. The number of aliphatic hydroxyl groups excluding tert-OH is 1. The summed E-state index contributed by atoms with van der Waals surface area (Å²) in [5.41, 5.74) is 2.49. The summed E-state index contributed by atoms with van der Waals surface area (Å²) in [5.74, 6) is 5.40. The summed E-state index contributed by atoms with van der Waals surface area (Å²) >= 11 is 0. The number of amides is 1. The van der Waals surface area contributed by atoms with Gasteiger partial charge in [-0.2, -0.15) is 0 Å². The fourth-order valence-corrected chi connectivity index (χ4v) is 1.90. The molecule has 1 amide bonds. The van der Waals surface area contributed by atoms with Gasteiger partial charge in [-0.3, -0.25) is 9.78 Å². The maximum absolute atomic E-state index is 12.2. The lowest BCUT2D eigenvalue weighted by atomic mass is 10.1. The summed E-state index contributed by atoms with van der Waals surface area (Å²) in [6.07, 6.45) is 3.21. The summed E-state index contributed by atoms with van der Waals surface area (Å²) in [6.45, 7) is 0.375. The molecule has 0 aliphatic rings. The number of carbonyl (C=O) groups excluding carboxylic acids is 1. The molecule has 0 aliphatic carbocycles. The molecule has 0 radical (unpaired) electrons. The Bertz CT molecular complexity index is 655. The Hall–Kier alpha value is -2.64. The van der Waals surface area contributed by atoms with Crippen LogP contribution in [0.15, 0.2) is 48.8 Å². The van der Waals surface area contributed by atoms with Crippen molar-refractivity contribution in [1.29, 1.82) is 0 Å². The van der Waals surface area contributed by atoms with Gasteiger partial charge in [0, 0.05) is 37.1 Å². The van der Waals surface area contributed by atoms with E-state index in [0.717, 1.165) is 11.1 Å². The van der Waals surface area contributed by atoms with Crippen molar-refractivity contribution in [3.05, 3.63) is 65.5 Å². The van der Waals surface area contributed by atoms with E-state index in [9.17, 15) is 4.79 Å². The van der Waals surface area contributed by atoms with Crippen LogP contribution < -0.4 is 0 Å². The number of aliphatic hydroxyl groups is 1. The number of benzene rings is 1. The van der Waals surface area contributed by atoms with Crippen molar-refractivity contribution in [3.8, 4) is 11.8 Å². The molecule has 0 saturated carbocycles. The number of hydrogen-bond acceptors (Lipinski definition) is 3. The first kappa shape index (κ1) is 14.8. The van der Waals surface area contributed by atoms with E-state index in [4.69, 9.17) is 5.11 Å². The molecule has 1 aromatic heterocycles. The number of pyridine rings is 1. The van der Waals surface area contributed by atoms with Crippen LogP contribution in [0, 0.1) is 11.8 Å². The minimum Gasteiger partial charge on any atom is -0.384 e. The number of aromatic nitrogens is 1. The third kappa shape index (κ3) is 4.16. The fraction of sp³-hybridized carbons (Fsp3) is 0.176. The first-order valence-corrected chi connectivity index (χ1v) is 6.55. The van der Waals surface area contributed by atoms with Gasteiger partial charge in [0.2, 0.25) is 0 Å². The van der Waals surface area contributed by atoms with Crippen LogP contribution in [0.5, 0.6) is 0 Å². The van der Waals surface area contributed by atoms with E-state index in [0.29, 0.717) is 12.1 Å². The molecule has 0 fully saturated rings. The van der Waals surface area contributed by atoms with Gasteiger partial charge in [-0.15, -0.1) is 0 Å². The normalized spacial score (nSPS) is 9.62. The minimum absolute atomic E-state index is 0.0402. The van der Waals surface area contributed by atoms with Gasteiger partial charge in [-0.25, -0.2) is 0 Å². The van der Waals surface area contributed by atoms with E-state index in [1.165, 1.54) is 0 Å². The highest BCUT2D eigenvalue weighted by atomic mass is 16.2. The number of carbonyl (C=O) groups is 1. The molecule has 1 N–H and O–H groups in total. The van der Waals surface area contributed by atoms with Gasteiger partial charge in [0.05, 0.1) is 0 Å². The highest BCUT2D eigenvalue weighted by molar-refractivity contribution is 5.93. The average Bonchev–Trinajstić information content (AvgIpc) is 2.54. The topological polar surface area (TPSA) is 53.4 Å². The van der Waals surface area contributed by atoms with Crippen molar-refractivity contribution in [1.82, 2.24) is 9.88 Å². The predicted octanol–water partition coefficient (Wildman–Crippen LogP) is 1.70.